The van der Waals surface area contributed by atoms with Crippen molar-refractivity contribution in [3.8, 4) is 0 Å². The van der Waals surface area contributed by atoms with Crippen LogP contribution >= 0.6 is 0 Å². The molecule has 1 saturated heterocycles. The molecular formula is C25H28N2O2. The first-order chi connectivity index (χ1) is 13.9. The molecule has 1 unspecified atom stereocenters. The molecule has 4 rings (SSSR count). The fourth-order valence-electron chi connectivity index (χ4n) is 4.57. The van der Waals surface area contributed by atoms with Gasteiger partial charge in [0.15, 0.2) is 0 Å². The Morgan fingerprint density at radius 3 is 2.38 bits per heavy atom. The van der Waals surface area contributed by atoms with Crippen LogP contribution < -0.4 is 4.90 Å². The number of anilines is 1. The van der Waals surface area contributed by atoms with Gasteiger partial charge >= 0.3 is 0 Å². The zero-order chi connectivity index (χ0) is 20.7. The lowest BCUT2D eigenvalue weighted by Gasteiger charge is -2.33. The van der Waals surface area contributed by atoms with Gasteiger partial charge in [0.05, 0.1) is 11.3 Å². The third kappa shape index (κ3) is 3.37. The second-order valence-electron chi connectivity index (χ2n) is 8.47. The minimum Gasteiger partial charge on any atom is -0.366 e. The summed E-state index contributed by atoms with van der Waals surface area (Å²) in [4.78, 5) is 30.8. The van der Waals surface area contributed by atoms with Gasteiger partial charge in [0.25, 0.3) is 11.8 Å². The molecule has 0 bridgehead atoms. The molecule has 0 aromatic heterocycles. The van der Waals surface area contributed by atoms with Crippen molar-refractivity contribution in [2.24, 2.45) is 5.92 Å². The Bertz CT molecular complexity index is 1020. The normalized spacial score (nSPS) is 20.1. The third-order valence-corrected chi connectivity index (χ3v) is 6.04. The second kappa shape index (κ2) is 7.51. The molecule has 0 spiro atoms. The van der Waals surface area contributed by atoms with E-state index in [4.69, 9.17) is 0 Å². The maximum atomic E-state index is 13.7. The summed E-state index contributed by atoms with van der Waals surface area (Å²) in [5.74, 6) is 0.0879. The lowest BCUT2D eigenvalue weighted by Crippen LogP contribution is -2.39. The van der Waals surface area contributed by atoms with E-state index >= 15 is 0 Å². The summed E-state index contributed by atoms with van der Waals surface area (Å²) in [5.41, 5.74) is 5.73. The van der Waals surface area contributed by atoms with Crippen molar-refractivity contribution in [1.29, 1.82) is 0 Å². The summed E-state index contributed by atoms with van der Waals surface area (Å²) in [6.07, 6.45) is 2.20. The highest BCUT2D eigenvalue weighted by molar-refractivity contribution is 6.45. The number of piperidine rings is 1. The van der Waals surface area contributed by atoms with E-state index in [-0.39, 0.29) is 11.8 Å². The van der Waals surface area contributed by atoms with Gasteiger partial charge in [0.1, 0.15) is 5.70 Å². The first-order valence-electron chi connectivity index (χ1n) is 10.4. The number of amides is 2. The largest absolute Gasteiger partial charge is 0.366 e. The Morgan fingerprint density at radius 2 is 1.69 bits per heavy atom. The molecule has 0 radical (unpaired) electrons. The number of hydrogen-bond acceptors (Lipinski definition) is 3. The zero-order valence-corrected chi connectivity index (χ0v) is 17.7. The topological polar surface area (TPSA) is 40.6 Å². The quantitative estimate of drug-likeness (QED) is 0.720. The highest BCUT2D eigenvalue weighted by Gasteiger charge is 2.43. The maximum Gasteiger partial charge on any atom is 0.282 e. The number of benzene rings is 2. The van der Waals surface area contributed by atoms with Crippen LogP contribution in [0.2, 0.25) is 0 Å². The van der Waals surface area contributed by atoms with Crippen molar-refractivity contribution < 1.29 is 9.59 Å². The number of likely N-dealkylation sites (tertiary alicyclic amines) is 1. The van der Waals surface area contributed by atoms with E-state index in [1.165, 1.54) is 4.90 Å². The van der Waals surface area contributed by atoms with Crippen LogP contribution in [0.1, 0.15) is 42.0 Å². The third-order valence-electron chi connectivity index (χ3n) is 6.04. The summed E-state index contributed by atoms with van der Waals surface area (Å²) in [5, 5.41) is 0. The Morgan fingerprint density at radius 1 is 0.931 bits per heavy atom. The lowest BCUT2D eigenvalue weighted by molar-refractivity contribution is -0.120. The number of carbonyl (C=O) groups excluding carboxylic acids is 2. The summed E-state index contributed by atoms with van der Waals surface area (Å²) < 4.78 is 0. The smallest absolute Gasteiger partial charge is 0.282 e. The first-order valence-corrected chi connectivity index (χ1v) is 10.4. The van der Waals surface area contributed by atoms with Crippen molar-refractivity contribution in [2.75, 3.05) is 18.0 Å². The molecule has 2 amide bonds. The van der Waals surface area contributed by atoms with Crippen LogP contribution in [-0.2, 0) is 9.59 Å². The van der Waals surface area contributed by atoms with Crippen molar-refractivity contribution in [3.05, 3.63) is 70.4 Å². The van der Waals surface area contributed by atoms with Gasteiger partial charge in [-0.25, -0.2) is 4.90 Å². The Labute approximate surface area is 172 Å². The number of carbonyl (C=O) groups is 2. The molecule has 4 nitrogen and oxygen atoms in total. The van der Waals surface area contributed by atoms with Crippen LogP contribution in [0, 0.1) is 26.7 Å². The number of nitrogens with zero attached hydrogens (tertiary/aromatic N) is 2. The predicted octanol–water partition coefficient (Wildman–Crippen LogP) is 4.63. The molecule has 150 valence electrons. The van der Waals surface area contributed by atoms with Crippen molar-refractivity contribution >= 4 is 23.1 Å². The van der Waals surface area contributed by atoms with Gasteiger partial charge in [-0.1, -0.05) is 48.9 Å². The minimum atomic E-state index is -0.218. The van der Waals surface area contributed by atoms with Gasteiger partial charge in [-0.2, -0.15) is 0 Å². The monoisotopic (exact) mass is 388 g/mol. The Balaban J connectivity index is 1.88. The zero-order valence-electron chi connectivity index (χ0n) is 17.7. The van der Waals surface area contributed by atoms with Crippen LogP contribution in [0.5, 0.6) is 0 Å². The number of hydrogen-bond donors (Lipinski definition) is 0. The van der Waals surface area contributed by atoms with E-state index < -0.39 is 0 Å². The first kappa shape index (κ1) is 19.4. The molecule has 0 N–H and O–H groups in total. The molecule has 1 fully saturated rings. The molecular weight excluding hydrogens is 360 g/mol. The highest BCUT2D eigenvalue weighted by Crippen LogP contribution is 2.38. The van der Waals surface area contributed by atoms with E-state index in [2.05, 4.69) is 17.9 Å². The standard InChI is InChI=1S/C25H28N2O2/c1-16-11-12-20(19(4)14-16)22-23(26-13-7-8-17(2)15-26)25(29)27(24(22)28)21-10-6-5-9-18(21)3/h5-6,9-12,14,17H,7-8,13,15H2,1-4H3. The van der Waals surface area contributed by atoms with Gasteiger partial charge in [-0.05, 0) is 62.3 Å². The van der Waals surface area contributed by atoms with Gasteiger partial charge < -0.3 is 4.90 Å². The summed E-state index contributed by atoms with van der Waals surface area (Å²) in [6.45, 7) is 9.83. The Kier molecular flexibility index (Phi) is 5.03. The average molecular weight is 389 g/mol. The van der Waals surface area contributed by atoms with E-state index in [0.29, 0.717) is 22.9 Å². The maximum absolute atomic E-state index is 13.7. The number of imide groups is 1. The van der Waals surface area contributed by atoms with Gasteiger partial charge in [0.2, 0.25) is 0 Å². The molecule has 29 heavy (non-hydrogen) atoms. The highest BCUT2D eigenvalue weighted by atomic mass is 16.2. The number of rotatable bonds is 3. The average Bonchev–Trinajstić information content (AvgIpc) is 2.93. The molecule has 1 atom stereocenters. The van der Waals surface area contributed by atoms with E-state index in [1.54, 1.807) is 0 Å². The van der Waals surface area contributed by atoms with Crippen LogP contribution in [0.4, 0.5) is 5.69 Å². The van der Waals surface area contributed by atoms with Crippen molar-refractivity contribution in [2.45, 2.75) is 40.5 Å². The van der Waals surface area contributed by atoms with Crippen LogP contribution in [0.15, 0.2) is 48.2 Å². The van der Waals surface area contributed by atoms with Crippen LogP contribution in [0.3, 0.4) is 0 Å². The molecule has 2 heterocycles. The molecule has 0 saturated carbocycles. The molecule has 4 heteroatoms. The summed E-state index contributed by atoms with van der Waals surface area (Å²) >= 11 is 0. The fourth-order valence-corrected chi connectivity index (χ4v) is 4.57. The Hall–Kier alpha value is -2.88. The SMILES string of the molecule is Cc1ccc(C2=C(N3CCCC(C)C3)C(=O)N(c3ccccc3C)C2=O)c(C)c1. The van der Waals surface area contributed by atoms with Crippen LogP contribution in [-0.4, -0.2) is 29.8 Å². The molecule has 2 aliphatic heterocycles. The van der Waals surface area contributed by atoms with E-state index in [1.807, 2.05) is 57.2 Å². The van der Waals surface area contributed by atoms with E-state index in [9.17, 15) is 9.59 Å². The minimum absolute atomic E-state index is 0.201. The van der Waals surface area contributed by atoms with E-state index in [0.717, 1.165) is 48.2 Å². The van der Waals surface area contributed by atoms with Crippen molar-refractivity contribution in [3.63, 3.8) is 0 Å². The van der Waals surface area contributed by atoms with Gasteiger partial charge in [-0.15, -0.1) is 0 Å². The molecule has 2 aromatic carbocycles. The lowest BCUT2D eigenvalue weighted by atomic mass is 9.95. The molecule has 0 aliphatic carbocycles. The van der Waals surface area contributed by atoms with Crippen molar-refractivity contribution in [1.82, 2.24) is 4.90 Å². The van der Waals surface area contributed by atoms with Gasteiger partial charge in [-0.3, -0.25) is 9.59 Å². The number of para-hydroxylation sites is 1. The second-order valence-corrected chi connectivity index (χ2v) is 8.47. The van der Waals surface area contributed by atoms with Gasteiger partial charge in [0, 0.05) is 13.1 Å². The fraction of sp³-hybridized carbons (Fsp3) is 0.360. The predicted molar refractivity (Wildman–Crippen MR) is 116 cm³/mol. The number of aryl methyl sites for hydroxylation is 3. The van der Waals surface area contributed by atoms with Crippen LogP contribution in [0.25, 0.3) is 5.57 Å². The molecule has 2 aromatic rings. The molecule has 2 aliphatic rings. The summed E-state index contributed by atoms with van der Waals surface area (Å²) in [6, 6.07) is 13.7. The summed E-state index contributed by atoms with van der Waals surface area (Å²) in [7, 11) is 0.